The van der Waals surface area contributed by atoms with Crippen molar-refractivity contribution in [1.82, 2.24) is 10.3 Å². The van der Waals surface area contributed by atoms with E-state index in [9.17, 15) is 4.79 Å². The van der Waals surface area contributed by atoms with Crippen molar-refractivity contribution < 1.29 is 9.53 Å². The summed E-state index contributed by atoms with van der Waals surface area (Å²) in [5, 5.41) is 7.58. The molecule has 0 aliphatic heterocycles. The summed E-state index contributed by atoms with van der Waals surface area (Å²) in [6, 6.07) is 3.86. The number of fused-ring (bicyclic) bond motifs is 1. The maximum Gasteiger partial charge on any atom is 0.341 e. The van der Waals surface area contributed by atoms with Crippen LogP contribution in [-0.2, 0) is 24.1 Å². The topological polar surface area (TPSA) is 63.2 Å². The van der Waals surface area contributed by atoms with Crippen LogP contribution in [0.4, 0.5) is 5.00 Å². The Labute approximate surface area is 150 Å². The molecular weight excluding hydrogens is 342 g/mol. The molecule has 2 heterocycles. The van der Waals surface area contributed by atoms with Crippen LogP contribution in [0.5, 0.6) is 0 Å². The predicted octanol–water partition coefficient (Wildman–Crippen LogP) is 3.30. The molecule has 3 rings (SSSR count). The monoisotopic (exact) mass is 361 g/mol. The van der Waals surface area contributed by atoms with Crippen molar-refractivity contribution in [3.8, 4) is 0 Å². The molecule has 0 atom stereocenters. The van der Waals surface area contributed by atoms with Crippen molar-refractivity contribution in [3.63, 3.8) is 0 Å². The van der Waals surface area contributed by atoms with E-state index < -0.39 is 0 Å². The highest BCUT2D eigenvalue weighted by Crippen LogP contribution is 2.38. The molecule has 0 fully saturated rings. The SMILES string of the molecule is COC(=O)c1c(NC(=S)NCc2cccnc2)sc2c1CCCC2. The molecule has 126 valence electrons. The van der Waals surface area contributed by atoms with Crippen molar-refractivity contribution in [2.45, 2.75) is 32.2 Å². The third kappa shape index (κ3) is 3.73. The number of thiocarbonyl (C=S) groups is 1. The number of rotatable bonds is 4. The lowest BCUT2D eigenvalue weighted by Crippen LogP contribution is -2.28. The quantitative estimate of drug-likeness (QED) is 0.644. The van der Waals surface area contributed by atoms with E-state index in [1.807, 2.05) is 12.1 Å². The van der Waals surface area contributed by atoms with Gasteiger partial charge in [0, 0.05) is 23.8 Å². The van der Waals surface area contributed by atoms with Crippen LogP contribution in [0.25, 0.3) is 0 Å². The first kappa shape index (κ1) is 16.9. The molecule has 5 nitrogen and oxygen atoms in total. The second kappa shape index (κ2) is 7.72. The molecule has 1 aliphatic rings. The van der Waals surface area contributed by atoms with E-state index in [-0.39, 0.29) is 5.97 Å². The molecule has 0 aromatic carbocycles. The molecule has 24 heavy (non-hydrogen) atoms. The van der Waals surface area contributed by atoms with Crippen LogP contribution in [0.3, 0.4) is 0 Å². The van der Waals surface area contributed by atoms with Crippen LogP contribution in [0.2, 0.25) is 0 Å². The number of thiophene rings is 1. The first-order valence-electron chi connectivity index (χ1n) is 7.85. The highest BCUT2D eigenvalue weighted by atomic mass is 32.1. The van der Waals surface area contributed by atoms with E-state index in [1.165, 1.54) is 12.0 Å². The average molecular weight is 361 g/mol. The Morgan fingerprint density at radius 3 is 3.00 bits per heavy atom. The predicted molar refractivity (Wildman–Crippen MR) is 99.6 cm³/mol. The molecule has 2 aromatic heterocycles. The summed E-state index contributed by atoms with van der Waals surface area (Å²) in [6.07, 6.45) is 7.74. The smallest absolute Gasteiger partial charge is 0.341 e. The zero-order valence-corrected chi connectivity index (χ0v) is 15.1. The molecular formula is C17H19N3O2S2. The maximum absolute atomic E-state index is 12.2. The van der Waals surface area contributed by atoms with Gasteiger partial charge in [-0.2, -0.15) is 0 Å². The maximum atomic E-state index is 12.2. The minimum absolute atomic E-state index is 0.299. The van der Waals surface area contributed by atoms with Crippen molar-refractivity contribution in [1.29, 1.82) is 0 Å². The Balaban J connectivity index is 1.73. The fourth-order valence-corrected chi connectivity index (χ4v) is 4.32. The van der Waals surface area contributed by atoms with Gasteiger partial charge >= 0.3 is 5.97 Å². The molecule has 0 saturated carbocycles. The van der Waals surface area contributed by atoms with E-state index in [4.69, 9.17) is 17.0 Å². The van der Waals surface area contributed by atoms with Gasteiger partial charge in [0.25, 0.3) is 0 Å². The minimum atomic E-state index is -0.299. The van der Waals surface area contributed by atoms with Crippen molar-refractivity contribution in [2.24, 2.45) is 0 Å². The van der Waals surface area contributed by atoms with Gasteiger partial charge in [-0.25, -0.2) is 4.79 Å². The molecule has 1 aliphatic carbocycles. The number of aromatic nitrogens is 1. The summed E-state index contributed by atoms with van der Waals surface area (Å²) in [5.41, 5.74) is 2.80. The van der Waals surface area contributed by atoms with Crippen LogP contribution < -0.4 is 10.6 Å². The second-order valence-corrected chi connectivity index (χ2v) is 7.09. The molecule has 0 unspecified atom stereocenters. The van der Waals surface area contributed by atoms with Gasteiger partial charge in [0.1, 0.15) is 5.00 Å². The van der Waals surface area contributed by atoms with Gasteiger partial charge in [0.2, 0.25) is 0 Å². The highest BCUT2D eigenvalue weighted by Gasteiger charge is 2.26. The van der Waals surface area contributed by atoms with E-state index in [0.29, 0.717) is 17.2 Å². The number of nitrogens with one attached hydrogen (secondary N) is 2. The Kier molecular flexibility index (Phi) is 5.42. The number of pyridine rings is 1. The van der Waals surface area contributed by atoms with Crippen LogP contribution in [0.1, 0.15) is 39.2 Å². The third-order valence-electron chi connectivity index (χ3n) is 3.96. The standard InChI is InChI=1S/C17H19N3O2S2/c1-22-16(21)14-12-6-2-3-7-13(12)24-15(14)20-17(23)19-10-11-5-4-8-18-9-11/h4-5,8-9H,2-3,6-7,10H2,1H3,(H2,19,20,23). The fourth-order valence-electron chi connectivity index (χ4n) is 2.80. The molecule has 0 saturated heterocycles. The zero-order valence-electron chi connectivity index (χ0n) is 13.4. The van der Waals surface area contributed by atoms with Crippen LogP contribution in [0.15, 0.2) is 24.5 Å². The number of aryl methyl sites for hydroxylation is 1. The zero-order chi connectivity index (χ0) is 16.9. The lowest BCUT2D eigenvalue weighted by Gasteiger charge is -2.12. The molecule has 2 N–H and O–H groups in total. The fraction of sp³-hybridized carbons (Fsp3) is 0.353. The number of hydrogen-bond acceptors (Lipinski definition) is 5. The Hall–Kier alpha value is -1.99. The molecule has 2 aromatic rings. The average Bonchev–Trinajstić information content (AvgIpc) is 2.98. The van der Waals surface area contributed by atoms with E-state index in [0.717, 1.165) is 41.8 Å². The summed E-state index contributed by atoms with van der Waals surface area (Å²) in [5.74, 6) is -0.299. The molecule has 7 heteroatoms. The summed E-state index contributed by atoms with van der Waals surface area (Å²) >= 11 is 6.97. The van der Waals surface area contributed by atoms with Crippen LogP contribution in [-0.4, -0.2) is 23.2 Å². The number of methoxy groups -OCH3 is 1. The molecule has 0 spiro atoms. The largest absolute Gasteiger partial charge is 0.465 e. The lowest BCUT2D eigenvalue weighted by molar-refractivity contribution is 0.0601. The van der Waals surface area contributed by atoms with Crippen molar-refractivity contribution in [2.75, 3.05) is 12.4 Å². The molecule has 0 amide bonds. The van der Waals surface area contributed by atoms with Gasteiger partial charge < -0.3 is 15.4 Å². The second-order valence-electron chi connectivity index (χ2n) is 5.58. The first-order valence-corrected chi connectivity index (χ1v) is 9.08. The number of carbonyl (C=O) groups is 1. The minimum Gasteiger partial charge on any atom is -0.465 e. The Bertz CT molecular complexity index is 744. The van der Waals surface area contributed by atoms with Gasteiger partial charge in [-0.15, -0.1) is 11.3 Å². The van der Waals surface area contributed by atoms with Gasteiger partial charge in [0.15, 0.2) is 5.11 Å². The van der Waals surface area contributed by atoms with Gasteiger partial charge in [-0.3, -0.25) is 4.98 Å². The van der Waals surface area contributed by atoms with Crippen LogP contribution in [0, 0.1) is 0 Å². The number of nitrogens with zero attached hydrogens (tertiary/aromatic N) is 1. The normalized spacial score (nSPS) is 13.0. The van der Waals surface area contributed by atoms with Crippen molar-refractivity contribution in [3.05, 3.63) is 46.1 Å². The molecule has 0 radical (unpaired) electrons. The summed E-state index contributed by atoms with van der Waals surface area (Å²) in [6.45, 7) is 0.582. The number of esters is 1. The van der Waals surface area contributed by atoms with E-state index in [1.54, 1.807) is 23.7 Å². The molecule has 0 bridgehead atoms. The van der Waals surface area contributed by atoms with E-state index >= 15 is 0 Å². The summed E-state index contributed by atoms with van der Waals surface area (Å²) in [7, 11) is 1.41. The lowest BCUT2D eigenvalue weighted by atomic mass is 9.95. The van der Waals surface area contributed by atoms with Gasteiger partial charge in [0.05, 0.1) is 12.7 Å². The highest BCUT2D eigenvalue weighted by molar-refractivity contribution is 7.80. The third-order valence-corrected chi connectivity index (χ3v) is 5.42. The number of carbonyl (C=O) groups excluding carboxylic acids is 1. The number of anilines is 1. The van der Waals surface area contributed by atoms with Gasteiger partial charge in [-0.1, -0.05) is 6.07 Å². The number of hydrogen-bond donors (Lipinski definition) is 2. The van der Waals surface area contributed by atoms with E-state index in [2.05, 4.69) is 15.6 Å². The van der Waals surface area contributed by atoms with Gasteiger partial charge in [-0.05, 0) is 55.1 Å². The Morgan fingerprint density at radius 2 is 2.25 bits per heavy atom. The van der Waals surface area contributed by atoms with Crippen molar-refractivity contribution >= 4 is 39.6 Å². The first-order chi connectivity index (χ1) is 11.7. The summed E-state index contributed by atoms with van der Waals surface area (Å²) < 4.78 is 4.97. The van der Waals surface area contributed by atoms with Crippen LogP contribution >= 0.6 is 23.6 Å². The number of ether oxygens (including phenoxy) is 1. The Morgan fingerprint density at radius 1 is 1.42 bits per heavy atom. The summed E-state index contributed by atoms with van der Waals surface area (Å²) in [4.78, 5) is 17.5.